The number of aryl methyl sites for hydroxylation is 4. The van der Waals surface area contributed by atoms with Crippen LogP contribution < -0.4 is 4.72 Å². The summed E-state index contributed by atoms with van der Waals surface area (Å²) in [6.07, 6.45) is 0. The van der Waals surface area contributed by atoms with Gasteiger partial charge in [0.15, 0.2) is 0 Å². The van der Waals surface area contributed by atoms with Crippen LogP contribution in [0, 0.1) is 27.7 Å². The second-order valence-corrected chi connectivity index (χ2v) is 7.52. The topological polar surface area (TPSA) is 81.8 Å². The minimum absolute atomic E-state index is 0.269. The summed E-state index contributed by atoms with van der Waals surface area (Å²) in [6.45, 7) is 11.7. The van der Waals surface area contributed by atoms with E-state index in [-0.39, 0.29) is 10.9 Å². The van der Waals surface area contributed by atoms with Crippen molar-refractivity contribution < 1.29 is 8.42 Å². The highest BCUT2D eigenvalue weighted by Crippen LogP contribution is 2.25. The van der Waals surface area contributed by atoms with Gasteiger partial charge >= 0.3 is 0 Å². The lowest BCUT2D eigenvalue weighted by Gasteiger charge is -2.15. The Morgan fingerprint density at radius 3 is 2.13 bits per heavy atom. The van der Waals surface area contributed by atoms with Crippen molar-refractivity contribution in [2.45, 2.75) is 59.0 Å². The van der Waals surface area contributed by atoms with E-state index >= 15 is 0 Å². The molecule has 0 aromatic carbocycles. The van der Waals surface area contributed by atoms with E-state index in [0.717, 1.165) is 17.0 Å². The van der Waals surface area contributed by atoms with Gasteiger partial charge in [-0.25, -0.2) is 13.1 Å². The van der Waals surface area contributed by atoms with Crippen molar-refractivity contribution in [1.29, 1.82) is 0 Å². The standard InChI is InChI=1S/C15H25N5O2S/c1-8-20-13(6)15(11(4)17-20)23(21,22)18-10(3)14-9(2)16-19(7)12(14)5/h10,18H,8H2,1-7H3/t10-/m1/s1. The number of nitrogens with zero attached hydrogens (tertiary/aromatic N) is 4. The summed E-state index contributed by atoms with van der Waals surface area (Å²) in [4.78, 5) is 0.269. The maximum atomic E-state index is 12.8. The van der Waals surface area contributed by atoms with Crippen molar-refractivity contribution in [2.24, 2.45) is 7.05 Å². The number of nitrogens with one attached hydrogen (secondary N) is 1. The van der Waals surface area contributed by atoms with Gasteiger partial charge in [0.1, 0.15) is 4.90 Å². The van der Waals surface area contributed by atoms with E-state index in [1.165, 1.54) is 0 Å². The second-order valence-electron chi connectivity index (χ2n) is 5.87. The van der Waals surface area contributed by atoms with E-state index in [9.17, 15) is 8.42 Å². The fourth-order valence-electron chi connectivity index (χ4n) is 3.14. The van der Waals surface area contributed by atoms with Crippen LogP contribution in [0.15, 0.2) is 4.90 Å². The zero-order chi connectivity index (χ0) is 17.5. The van der Waals surface area contributed by atoms with Crippen molar-refractivity contribution in [3.63, 3.8) is 0 Å². The highest BCUT2D eigenvalue weighted by Gasteiger charge is 2.28. The largest absolute Gasteiger partial charge is 0.272 e. The Balaban J connectivity index is 2.41. The summed E-state index contributed by atoms with van der Waals surface area (Å²) in [7, 11) is -1.80. The van der Waals surface area contributed by atoms with Gasteiger partial charge in [0.25, 0.3) is 0 Å². The quantitative estimate of drug-likeness (QED) is 0.902. The van der Waals surface area contributed by atoms with Crippen molar-refractivity contribution in [1.82, 2.24) is 24.3 Å². The molecule has 0 amide bonds. The molecule has 2 aromatic heterocycles. The minimum atomic E-state index is -3.65. The molecule has 1 atom stereocenters. The van der Waals surface area contributed by atoms with Gasteiger partial charge in [-0.05, 0) is 41.5 Å². The van der Waals surface area contributed by atoms with E-state index < -0.39 is 10.0 Å². The van der Waals surface area contributed by atoms with Crippen molar-refractivity contribution >= 4 is 10.0 Å². The van der Waals surface area contributed by atoms with E-state index in [0.29, 0.717) is 17.9 Å². The molecule has 0 aliphatic rings. The molecule has 8 heteroatoms. The molecule has 0 saturated heterocycles. The molecule has 0 aliphatic carbocycles. The Bertz CT molecular complexity index is 833. The molecule has 0 radical (unpaired) electrons. The predicted molar refractivity (Wildman–Crippen MR) is 88.8 cm³/mol. The van der Waals surface area contributed by atoms with Crippen molar-refractivity contribution in [3.8, 4) is 0 Å². The smallest absolute Gasteiger partial charge is 0.244 e. The van der Waals surface area contributed by atoms with Crippen LogP contribution in [0.1, 0.15) is 48.2 Å². The van der Waals surface area contributed by atoms with Crippen LogP contribution in [0.4, 0.5) is 0 Å². The molecule has 2 aromatic rings. The average molecular weight is 339 g/mol. The van der Waals surface area contributed by atoms with E-state index in [4.69, 9.17) is 0 Å². The molecule has 0 unspecified atom stereocenters. The average Bonchev–Trinajstić information content (AvgIpc) is 2.85. The van der Waals surface area contributed by atoms with Crippen LogP contribution in [0.3, 0.4) is 0 Å². The number of hydrogen-bond donors (Lipinski definition) is 1. The second kappa shape index (κ2) is 6.09. The Hall–Kier alpha value is -1.67. The van der Waals surface area contributed by atoms with E-state index in [1.54, 1.807) is 23.2 Å². The molecule has 0 fully saturated rings. The molecule has 7 nitrogen and oxygen atoms in total. The SMILES string of the molecule is CCn1nc(C)c(S(=O)(=O)N[C@H](C)c2c(C)nn(C)c2C)c1C. The van der Waals surface area contributed by atoms with E-state index in [1.807, 2.05) is 34.7 Å². The summed E-state index contributed by atoms with van der Waals surface area (Å²) in [5.41, 5.74) is 3.87. The first-order valence-electron chi connectivity index (χ1n) is 7.66. The van der Waals surface area contributed by atoms with Crippen molar-refractivity contribution in [2.75, 3.05) is 0 Å². The van der Waals surface area contributed by atoms with Crippen LogP contribution in [-0.4, -0.2) is 28.0 Å². The molecular weight excluding hydrogens is 314 g/mol. The molecule has 2 heterocycles. The predicted octanol–water partition coefficient (Wildman–Crippen LogP) is 1.91. The summed E-state index contributed by atoms with van der Waals surface area (Å²) >= 11 is 0. The first-order valence-corrected chi connectivity index (χ1v) is 9.14. The molecule has 128 valence electrons. The number of rotatable bonds is 5. The van der Waals surface area contributed by atoms with Gasteiger partial charge in [-0.2, -0.15) is 10.2 Å². The van der Waals surface area contributed by atoms with Gasteiger partial charge in [0, 0.05) is 30.9 Å². The van der Waals surface area contributed by atoms with Crippen LogP contribution in [-0.2, 0) is 23.6 Å². The minimum Gasteiger partial charge on any atom is -0.272 e. The zero-order valence-corrected chi connectivity index (χ0v) is 15.6. The molecule has 1 N–H and O–H groups in total. The summed E-state index contributed by atoms with van der Waals surface area (Å²) in [6, 6.07) is -0.363. The van der Waals surface area contributed by atoms with Gasteiger partial charge in [-0.15, -0.1) is 0 Å². The van der Waals surface area contributed by atoms with Crippen LogP contribution in [0.2, 0.25) is 0 Å². The lowest BCUT2D eigenvalue weighted by atomic mass is 10.1. The van der Waals surface area contributed by atoms with Gasteiger partial charge in [-0.3, -0.25) is 9.36 Å². The Labute approximate surface area is 137 Å². The third-order valence-electron chi connectivity index (χ3n) is 4.21. The van der Waals surface area contributed by atoms with Crippen LogP contribution in [0.25, 0.3) is 0 Å². The fourth-order valence-corrected chi connectivity index (χ4v) is 4.77. The van der Waals surface area contributed by atoms with Gasteiger partial charge in [0.05, 0.1) is 17.1 Å². The Kier molecular flexibility index (Phi) is 4.68. The molecule has 0 aliphatic heterocycles. The molecule has 23 heavy (non-hydrogen) atoms. The lowest BCUT2D eigenvalue weighted by Crippen LogP contribution is -2.28. The summed E-state index contributed by atoms with van der Waals surface area (Å²) < 4.78 is 31.9. The third kappa shape index (κ3) is 3.05. The fraction of sp³-hybridized carbons (Fsp3) is 0.600. The number of sulfonamides is 1. The van der Waals surface area contributed by atoms with Crippen LogP contribution in [0.5, 0.6) is 0 Å². The highest BCUT2D eigenvalue weighted by atomic mass is 32.2. The maximum absolute atomic E-state index is 12.8. The Morgan fingerprint density at radius 2 is 1.70 bits per heavy atom. The molecule has 2 rings (SSSR count). The lowest BCUT2D eigenvalue weighted by molar-refractivity contribution is 0.563. The molecule has 0 spiro atoms. The van der Waals surface area contributed by atoms with Gasteiger partial charge in [0.2, 0.25) is 10.0 Å². The van der Waals surface area contributed by atoms with Crippen molar-refractivity contribution in [3.05, 3.63) is 28.3 Å². The first kappa shape index (κ1) is 17.7. The molecular formula is C15H25N5O2S. The number of aromatic nitrogens is 4. The molecule has 0 saturated carbocycles. The highest BCUT2D eigenvalue weighted by molar-refractivity contribution is 7.89. The zero-order valence-electron chi connectivity index (χ0n) is 14.8. The first-order chi connectivity index (χ1) is 10.6. The van der Waals surface area contributed by atoms with E-state index in [2.05, 4.69) is 14.9 Å². The Morgan fingerprint density at radius 1 is 1.09 bits per heavy atom. The number of hydrogen-bond acceptors (Lipinski definition) is 4. The normalized spacial score (nSPS) is 13.5. The summed E-state index contributed by atoms with van der Waals surface area (Å²) in [5.74, 6) is 0. The third-order valence-corrected chi connectivity index (χ3v) is 6.01. The summed E-state index contributed by atoms with van der Waals surface area (Å²) in [5, 5.41) is 8.65. The maximum Gasteiger partial charge on any atom is 0.244 e. The van der Waals surface area contributed by atoms with Gasteiger partial charge < -0.3 is 0 Å². The van der Waals surface area contributed by atoms with Gasteiger partial charge in [-0.1, -0.05) is 0 Å². The van der Waals surface area contributed by atoms with Crippen LogP contribution >= 0.6 is 0 Å². The molecule has 0 bridgehead atoms. The monoisotopic (exact) mass is 339 g/mol.